The van der Waals surface area contributed by atoms with E-state index in [4.69, 9.17) is 0 Å². The minimum atomic E-state index is -0.203. The summed E-state index contributed by atoms with van der Waals surface area (Å²) in [5.74, 6) is -0.203. The van der Waals surface area contributed by atoms with E-state index in [1.165, 1.54) is 6.08 Å². The van der Waals surface area contributed by atoms with Crippen LogP contribution in [0.15, 0.2) is 47.6 Å². The third-order valence-electron chi connectivity index (χ3n) is 2.60. The lowest BCUT2D eigenvalue weighted by Crippen LogP contribution is -2.10. The Kier molecular flexibility index (Phi) is 2.53. The third-order valence-corrected chi connectivity index (χ3v) is 2.60. The standard InChI is InChI=1S/C14H11N3O/c18-14-6-5-13(17-14)9-12-4-3-11(16-12)8-10-2-1-7-15-10/h1-9,15-16H/b11-8+,12-9+. The van der Waals surface area contributed by atoms with Crippen molar-refractivity contribution in [2.24, 2.45) is 4.99 Å². The first-order chi connectivity index (χ1) is 8.79. The van der Waals surface area contributed by atoms with Crippen LogP contribution in [0, 0.1) is 0 Å². The predicted molar refractivity (Wildman–Crippen MR) is 70.4 cm³/mol. The van der Waals surface area contributed by atoms with Crippen LogP contribution in [-0.2, 0) is 4.79 Å². The van der Waals surface area contributed by atoms with E-state index in [0.29, 0.717) is 5.71 Å². The molecule has 4 nitrogen and oxygen atoms in total. The van der Waals surface area contributed by atoms with E-state index in [1.807, 2.05) is 42.6 Å². The van der Waals surface area contributed by atoms with Crippen LogP contribution in [0.1, 0.15) is 5.69 Å². The number of hydrogen-bond acceptors (Lipinski definition) is 1. The zero-order valence-corrected chi connectivity index (χ0v) is 9.55. The topological polar surface area (TPSA) is 61.0 Å². The first-order valence-corrected chi connectivity index (χ1v) is 5.62. The quantitative estimate of drug-likeness (QED) is 0.784. The number of aliphatic imine (C=N–C) groups is 1. The molecule has 0 fully saturated rings. The predicted octanol–water partition coefficient (Wildman–Crippen LogP) is 0.489. The molecule has 88 valence electrons. The van der Waals surface area contributed by atoms with Gasteiger partial charge in [0.2, 0.25) is 0 Å². The smallest absolute Gasteiger partial charge is 0.270 e. The molecule has 2 N–H and O–H groups in total. The van der Waals surface area contributed by atoms with Crippen LogP contribution < -0.4 is 10.7 Å². The monoisotopic (exact) mass is 237 g/mol. The van der Waals surface area contributed by atoms with Gasteiger partial charge in [-0.25, -0.2) is 4.99 Å². The fourth-order valence-corrected chi connectivity index (χ4v) is 1.80. The number of aromatic amines is 2. The molecule has 3 heterocycles. The SMILES string of the molecule is O=C1C=CC(/C=c2\cc/c(=C\c3ccc[nH]3)[nH]2)=N1. The van der Waals surface area contributed by atoms with Crippen molar-refractivity contribution >= 4 is 23.8 Å². The van der Waals surface area contributed by atoms with Gasteiger partial charge >= 0.3 is 0 Å². The number of hydrogen-bond donors (Lipinski definition) is 2. The summed E-state index contributed by atoms with van der Waals surface area (Å²) in [6.07, 6.45) is 8.89. The second-order valence-electron chi connectivity index (χ2n) is 3.99. The van der Waals surface area contributed by atoms with E-state index in [0.717, 1.165) is 16.4 Å². The molecule has 0 saturated heterocycles. The van der Waals surface area contributed by atoms with Gasteiger partial charge in [-0.3, -0.25) is 4.79 Å². The fourth-order valence-electron chi connectivity index (χ4n) is 1.80. The minimum Gasteiger partial charge on any atom is -0.362 e. The Bertz CT molecular complexity index is 745. The molecule has 1 amide bonds. The Morgan fingerprint density at radius 3 is 2.56 bits per heavy atom. The molecular weight excluding hydrogens is 226 g/mol. The summed E-state index contributed by atoms with van der Waals surface area (Å²) in [7, 11) is 0. The highest BCUT2D eigenvalue weighted by molar-refractivity contribution is 6.26. The Morgan fingerprint density at radius 1 is 1.06 bits per heavy atom. The van der Waals surface area contributed by atoms with Crippen LogP contribution in [0.2, 0.25) is 0 Å². The van der Waals surface area contributed by atoms with Gasteiger partial charge in [0.1, 0.15) is 0 Å². The maximum absolute atomic E-state index is 10.9. The van der Waals surface area contributed by atoms with Crippen molar-refractivity contribution in [1.82, 2.24) is 9.97 Å². The number of carbonyl (C=O) groups excluding carboxylic acids is 1. The average molecular weight is 237 g/mol. The molecule has 0 saturated carbocycles. The molecule has 2 aromatic rings. The number of nitrogens with one attached hydrogen (secondary N) is 2. The highest BCUT2D eigenvalue weighted by Crippen LogP contribution is 1.96. The molecule has 2 aromatic heterocycles. The molecule has 4 heteroatoms. The van der Waals surface area contributed by atoms with E-state index in [9.17, 15) is 4.79 Å². The van der Waals surface area contributed by atoms with Gasteiger partial charge in [-0.05, 0) is 42.5 Å². The van der Waals surface area contributed by atoms with Crippen LogP contribution in [-0.4, -0.2) is 21.6 Å². The molecule has 1 aliphatic rings. The number of rotatable bonds is 2. The first kappa shape index (κ1) is 10.5. The van der Waals surface area contributed by atoms with Crippen LogP contribution in [0.4, 0.5) is 0 Å². The number of allylic oxidation sites excluding steroid dienone is 1. The Balaban J connectivity index is 1.95. The zero-order valence-electron chi connectivity index (χ0n) is 9.55. The molecule has 18 heavy (non-hydrogen) atoms. The van der Waals surface area contributed by atoms with Crippen molar-refractivity contribution in [1.29, 1.82) is 0 Å². The number of H-pyrrole nitrogens is 2. The summed E-state index contributed by atoms with van der Waals surface area (Å²) in [6.45, 7) is 0. The van der Waals surface area contributed by atoms with E-state index in [-0.39, 0.29) is 5.91 Å². The van der Waals surface area contributed by atoms with Crippen molar-refractivity contribution in [2.45, 2.75) is 0 Å². The van der Waals surface area contributed by atoms with Crippen molar-refractivity contribution in [3.05, 3.63) is 59.0 Å². The van der Waals surface area contributed by atoms with Crippen LogP contribution in [0.3, 0.4) is 0 Å². The van der Waals surface area contributed by atoms with Gasteiger partial charge in [0.15, 0.2) is 0 Å². The summed E-state index contributed by atoms with van der Waals surface area (Å²) in [6, 6.07) is 7.87. The first-order valence-electron chi connectivity index (χ1n) is 5.62. The van der Waals surface area contributed by atoms with E-state index < -0.39 is 0 Å². The van der Waals surface area contributed by atoms with Gasteiger partial charge in [-0.15, -0.1) is 0 Å². The Labute approximate surface area is 103 Å². The molecular formula is C14H11N3O. The van der Waals surface area contributed by atoms with Gasteiger partial charge in [-0.2, -0.15) is 0 Å². The normalized spacial score (nSPS) is 16.7. The minimum absolute atomic E-state index is 0.203. The van der Waals surface area contributed by atoms with Gasteiger partial charge in [0, 0.05) is 28.7 Å². The van der Waals surface area contributed by atoms with Crippen LogP contribution in [0.5, 0.6) is 0 Å². The maximum Gasteiger partial charge on any atom is 0.270 e. The molecule has 0 radical (unpaired) electrons. The molecule has 0 aromatic carbocycles. The molecule has 0 unspecified atom stereocenters. The van der Waals surface area contributed by atoms with Crippen molar-refractivity contribution in [3.63, 3.8) is 0 Å². The largest absolute Gasteiger partial charge is 0.362 e. The highest BCUT2D eigenvalue weighted by Gasteiger charge is 2.02. The summed E-state index contributed by atoms with van der Waals surface area (Å²) in [5, 5.41) is 1.92. The van der Waals surface area contributed by atoms with E-state index in [2.05, 4.69) is 15.0 Å². The van der Waals surface area contributed by atoms with Gasteiger partial charge < -0.3 is 9.97 Å². The van der Waals surface area contributed by atoms with Crippen molar-refractivity contribution in [3.8, 4) is 0 Å². The van der Waals surface area contributed by atoms with Crippen molar-refractivity contribution in [2.75, 3.05) is 0 Å². The van der Waals surface area contributed by atoms with E-state index >= 15 is 0 Å². The highest BCUT2D eigenvalue weighted by atomic mass is 16.1. The second kappa shape index (κ2) is 4.33. The molecule has 0 atom stereocenters. The Hall–Kier alpha value is -2.62. The number of nitrogens with zero attached hydrogens (tertiary/aromatic N) is 1. The summed E-state index contributed by atoms with van der Waals surface area (Å²) < 4.78 is 0. The summed E-state index contributed by atoms with van der Waals surface area (Å²) in [5.41, 5.74) is 1.71. The molecule has 0 bridgehead atoms. The molecule has 1 aliphatic heterocycles. The van der Waals surface area contributed by atoms with Crippen LogP contribution >= 0.6 is 0 Å². The number of carbonyl (C=O) groups is 1. The molecule has 0 spiro atoms. The Morgan fingerprint density at radius 2 is 1.89 bits per heavy atom. The summed E-state index contributed by atoms with van der Waals surface area (Å²) in [4.78, 5) is 21.1. The average Bonchev–Trinajstić information content (AvgIpc) is 3.04. The third kappa shape index (κ3) is 2.22. The van der Waals surface area contributed by atoms with Crippen molar-refractivity contribution < 1.29 is 4.79 Å². The number of aromatic nitrogens is 2. The zero-order chi connectivity index (χ0) is 12.4. The van der Waals surface area contributed by atoms with Gasteiger partial charge in [0.05, 0.1) is 5.71 Å². The van der Waals surface area contributed by atoms with Gasteiger partial charge in [0.25, 0.3) is 5.91 Å². The maximum atomic E-state index is 10.9. The van der Waals surface area contributed by atoms with Gasteiger partial charge in [-0.1, -0.05) is 0 Å². The van der Waals surface area contributed by atoms with Crippen LogP contribution in [0.25, 0.3) is 12.2 Å². The molecule has 3 rings (SSSR count). The lowest BCUT2D eigenvalue weighted by atomic mass is 10.3. The number of amides is 1. The lowest BCUT2D eigenvalue weighted by molar-refractivity contribution is -0.113. The fraction of sp³-hybridized carbons (Fsp3) is 0. The second-order valence-corrected chi connectivity index (χ2v) is 3.99. The summed E-state index contributed by atoms with van der Waals surface area (Å²) >= 11 is 0. The van der Waals surface area contributed by atoms with E-state index in [1.54, 1.807) is 6.08 Å². The lowest BCUT2D eigenvalue weighted by Gasteiger charge is -1.83. The molecule has 0 aliphatic carbocycles.